The molecular weight excluding hydrogens is 384 g/mol. The molecule has 0 atom stereocenters. The second-order valence-corrected chi connectivity index (χ2v) is 8.26. The Morgan fingerprint density at radius 3 is 3.04 bits per heavy atom. The van der Waals surface area contributed by atoms with E-state index in [4.69, 9.17) is 4.42 Å². The van der Waals surface area contributed by atoms with Crippen molar-refractivity contribution in [3.8, 4) is 0 Å². The first-order valence-electron chi connectivity index (χ1n) is 8.62. The second-order valence-electron chi connectivity index (χ2n) is 6.21. The van der Waals surface area contributed by atoms with Crippen LogP contribution in [0.4, 0.5) is 4.79 Å². The number of imide groups is 1. The van der Waals surface area contributed by atoms with E-state index in [1.807, 2.05) is 6.92 Å². The SMILES string of the molecule is Cc1nc(SCC(=O)NC(=O)NCc2ccco2)c2c3c(sc2n1)CCC3. The van der Waals surface area contributed by atoms with Crippen LogP contribution in [0.25, 0.3) is 10.2 Å². The molecule has 3 amide bonds. The third-order valence-corrected chi connectivity index (χ3v) is 6.40. The first kappa shape index (κ1) is 18.0. The normalized spacial score (nSPS) is 12.9. The molecule has 2 N–H and O–H groups in total. The topological polar surface area (TPSA) is 97.1 Å². The van der Waals surface area contributed by atoms with Gasteiger partial charge >= 0.3 is 6.03 Å². The van der Waals surface area contributed by atoms with Gasteiger partial charge in [-0.05, 0) is 43.9 Å². The lowest BCUT2D eigenvalue weighted by Gasteiger charge is -2.07. The number of carbonyl (C=O) groups excluding carboxylic acids is 2. The fourth-order valence-electron chi connectivity index (χ4n) is 3.09. The maximum atomic E-state index is 12.1. The minimum absolute atomic E-state index is 0.115. The van der Waals surface area contributed by atoms with Crippen LogP contribution in [-0.4, -0.2) is 27.7 Å². The second kappa shape index (κ2) is 7.69. The van der Waals surface area contributed by atoms with E-state index >= 15 is 0 Å². The van der Waals surface area contributed by atoms with E-state index in [-0.39, 0.29) is 18.2 Å². The van der Waals surface area contributed by atoms with Crippen LogP contribution in [-0.2, 0) is 24.2 Å². The van der Waals surface area contributed by atoms with Crippen molar-refractivity contribution in [3.63, 3.8) is 0 Å². The number of carbonyl (C=O) groups is 2. The Morgan fingerprint density at radius 2 is 2.22 bits per heavy atom. The van der Waals surface area contributed by atoms with Crippen molar-refractivity contribution in [1.29, 1.82) is 0 Å². The van der Waals surface area contributed by atoms with Gasteiger partial charge in [-0.1, -0.05) is 11.8 Å². The fourth-order valence-corrected chi connectivity index (χ4v) is 5.36. The van der Waals surface area contributed by atoms with E-state index < -0.39 is 6.03 Å². The van der Waals surface area contributed by atoms with Crippen molar-refractivity contribution in [2.45, 2.75) is 37.8 Å². The number of amides is 3. The standard InChI is InChI=1S/C18H18N4O3S2/c1-10-20-16(15-12-5-2-6-13(12)27-17(15)21-10)26-9-14(23)22-18(24)19-8-11-4-3-7-25-11/h3-4,7H,2,5-6,8-9H2,1H3,(H2,19,22,23,24). The summed E-state index contributed by atoms with van der Waals surface area (Å²) in [4.78, 5) is 35.4. The molecule has 0 aromatic carbocycles. The van der Waals surface area contributed by atoms with Crippen molar-refractivity contribution in [2.24, 2.45) is 0 Å². The lowest BCUT2D eigenvalue weighted by molar-refractivity contribution is -0.117. The van der Waals surface area contributed by atoms with Gasteiger partial charge in [-0.15, -0.1) is 11.3 Å². The van der Waals surface area contributed by atoms with E-state index in [0.717, 1.165) is 34.5 Å². The molecule has 0 aliphatic heterocycles. The van der Waals surface area contributed by atoms with E-state index in [1.165, 1.54) is 28.5 Å². The van der Waals surface area contributed by atoms with Crippen molar-refractivity contribution >= 4 is 45.3 Å². The Morgan fingerprint density at radius 1 is 1.33 bits per heavy atom. The van der Waals surface area contributed by atoms with Crippen molar-refractivity contribution in [2.75, 3.05) is 5.75 Å². The molecule has 27 heavy (non-hydrogen) atoms. The molecule has 0 spiro atoms. The smallest absolute Gasteiger partial charge is 0.321 e. The number of rotatable bonds is 5. The molecule has 3 heterocycles. The van der Waals surface area contributed by atoms with Gasteiger partial charge in [0, 0.05) is 10.3 Å². The quantitative estimate of drug-likeness (QED) is 0.502. The number of hydrogen-bond acceptors (Lipinski definition) is 7. The summed E-state index contributed by atoms with van der Waals surface area (Å²) < 4.78 is 5.13. The molecule has 0 saturated heterocycles. The van der Waals surface area contributed by atoms with Gasteiger partial charge in [0.2, 0.25) is 5.91 Å². The summed E-state index contributed by atoms with van der Waals surface area (Å²) in [7, 11) is 0. The van der Waals surface area contributed by atoms with Crippen LogP contribution >= 0.6 is 23.1 Å². The Labute approximate surface area is 164 Å². The zero-order valence-electron chi connectivity index (χ0n) is 14.7. The van der Waals surface area contributed by atoms with E-state index in [0.29, 0.717) is 11.6 Å². The number of thioether (sulfide) groups is 1. The molecule has 140 valence electrons. The third kappa shape index (κ3) is 3.98. The van der Waals surface area contributed by atoms with Crippen LogP contribution in [0.1, 0.15) is 28.4 Å². The number of fused-ring (bicyclic) bond motifs is 3. The highest BCUT2D eigenvalue weighted by Gasteiger charge is 2.22. The van der Waals surface area contributed by atoms with Gasteiger partial charge in [-0.2, -0.15) is 0 Å². The molecule has 3 aromatic rings. The molecule has 7 nitrogen and oxygen atoms in total. The number of nitrogens with one attached hydrogen (secondary N) is 2. The zero-order chi connectivity index (χ0) is 18.8. The molecule has 1 aliphatic carbocycles. The fraction of sp³-hybridized carbons (Fsp3) is 0.333. The molecule has 9 heteroatoms. The van der Waals surface area contributed by atoms with Crippen molar-refractivity contribution < 1.29 is 14.0 Å². The summed E-state index contributed by atoms with van der Waals surface area (Å²) in [6.45, 7) is 2.09. The molecule has 0 bridgehead atoms. The number of nitrogens with zero attached hydrogens (tertiary/aromatic N) is 2. The Bertz CT molecular complexity index is 998. The number of thiophene rings is 1. The Kier molecular flexibility index (Phi) is 5.13. The minimum Gasteiger partial charge on any atom is -0.467 e. The van der Waals surface area contributed by atoms with Crippen LogP contribution in [0, 0.1) is 6.92 Å². The molecule has 1 aliphatic rings. The summed E-state index contributed by atoms with van der Waals surface area (Å²) in [6, 6.07) is 2.94. The van der Waals surface area contributed by atoms with Gasteiger partial charge in [0.25, 0.3) is 0 Å². The number of aryl methyl sites for hydroxylation is 3. The van der Waals surface area contributed by atoms with Crippen LogP contribution in [0.3, 0.4) is 0 Å². The lowest BCUT2D eigenvalue weighted by atomic mass is 10.2. The zero-order valence-corrected chi connectivity index (χ0v) is 16.3. The lowest BCUT2D eigenvalue weighted by Crippen LogP contribution is -2.39. The van der Waals surface area contributed by atoms with E-state index in [1.54, 1.807) is 23.5 Å². The van der Waals surface area contributed by atoms with Gasteiger partial charge in [0.05, 0.1) is 18.6 Å². The average Bonchev–Trinajstić information content (AvgIpc) is 3.34. The average molecular weight is 403 g/mol. The molecule has 4 rings (SSSR count). The number of urea groups is 1. The Hall–Kier alpha value is -2.39. The Balaban J connectivity index is 1.38. The third-order valence-electron chi connectivity index (χ3n) is 4.24. The minimum atomic E-state index is -0.544. The predicted molar refractivity (Wildman–Crippen MR) is 104 cm³/mol. The highest BCUT2D eigenvalue weighted by Crippen LogP contribution is 2.40. The van der Waals surface area contributed by atoms with Gasteiger partial charge in [0.1, 0.15) is 21.4 Å². The molecular formula is C18H18N4O3S2. The maximum Gasteiger partial charge on any atom is 0.321 e. The summed E-state index contributed by atoms with van der Waals surface area (Å²) in [5.41, 5.74) is 1.33. The monoisotopic (exact) mass is 402 g/mol. The largest absolute Gasteiger partial charge is 0.467 e. The van der Waals surface area contributed by atoms with Crippen molar-refractivity contribution in [1.82, 2.24) is 20.6 Å². The van der Waals surface area contributed by atoms with Crippen LogP contribution in [0.5, 0.6) is 0 Å². The molecule has 0 saturated carbocycles. The maximum absolute atomic E-state index is 12.1. The van der Waals surface area contributed by atoms with Crippen LogP contribution in [0.15, 0.2) is 27.8 Å². The summed E-state index contributed by atoms with van der Waals surface area (Å²) >= 11 is 3.07. The first-order chi connectivity index (χ1) is 13.1. The molecule has 3 aromatic heterocycles. The summed E-state index contributed by atoms with van der Waals surface area (Å²) in [6.07, 6.45) is 4.82. The summed E-state index contributed by atoms with van der Waals surface area (Å²) in [5, 5.41) is 6.82. The van der Waals surface area contributed by atoms with Crippen molar-refractivity contribution in [3.05, 3.63) is 40.4 Å². The van der Waals surface area contributed by atoms with E-state index in [9.17, 15) is 9.59 Å². The van der Waals surface area contributed by atoms with Crippen LogP contribution in [0.2, 0.25) is 0 Å². The van der Waals surface area contributed by atoms with Crippen LogP contribution < -0.4 is 10.6 Å². The highest BCUT2D eigenvalue weighted by molar-refractivity contribution is 8.00. The number of aromatic nitrogens is 2. The van der Waals surface area contributed by atoms with Gasteiger partial charge in [-0.3, -0.25) is 10.1 Å². The van der Waals surface area contributed by atoms with Gasteiger partial charge < -0.3 is 9.73 Å². The molecule has 0 radical (unpaired) electrons. The van der Waals surface area contributed by atoms with E-state index in [2.05, 4.69) is 20.6 Å². The molecule has 0 fully saturated rings. The van der Waals surface area contributed by atoms with Gasteiger partial charge in [0.15, 0.2) is 0 Å². The highest BCUT2D eigenvalue weighted by atomic mass is 32.2. The first-order valence-corrected chi connectivity index (χ1v) is 10.4. The number of hydrogen-bond donors (Lipinski definition) is 2. The molecule has 0 unspecified atom stereocenters. The number of furan rings is 1. The summed E-state index contributed by atoms with van der Waals surface area (Å²) in [5.74, 6) is 1.07. The van der Waals surface area contributed by atoms with Gasteiger partial charge in [-0.25, -0.2) is 14.8 Å². The predicted octanol–water partition coefficient (Wildman–Crippen LogP) is 3.20.